The summed E-state index contributed by atoms with van der Waals surface area (Å²) in [5.41, 5.74) is 0.755. The van der Waals surface area contributed by atoms with Crippen molar-refractivity contribution in [2.75, 3.05) is 6.61 Å². The Kier molecular flexibility index (Phi) is 6.13. The molecule has 0 amide bonds. The van der Waals surface area contributed by atoms with Crippen LogP contribution in [0.25, 0.3) is 0 Å². The first-order valence-corrected chi connectivity index (χ1v) is 10.7. The summed E-state index contributed by atoms with van der Waals surface area (Å²) >= 11 is 0. The summed E-state index contributed by atoms with van der Waals surface area (Å²) in [5, 5.41) is 11.7. The number of aliphatic hydroxyl groups is 1. The van der Waals surface area contributed by atoms with Crippen LogP contribution >= 0.6 is 0 Å². The van der Waals surface area contributed by atoms with Gasteiger partial charge in [0.2, 0.25) is 0 Å². The minimum atomic E-state index is -1.89. The molecular formula is C19H24O2Si. The molecule has 1 atom stereocenters. The Morgan fingerprint density at radius 3 is 2.23 bits per heavy atom. The summed E-state index contributed by atoms with van der Waals surface area (Å²) in [7, 11) is -1.89. The van der Waals surface area contributed by atoms with Gasteiger partial charge in [0.05, 0.1) is 18.9 Å². The molecule has 0 saturated carbocycles. The minimum Gasteiger partial charge on any atom is -0.392 e. The molecule has 116 valence electrons. The summed E-state index contributed by atoms with van der Waals surface area (Å²) in [4.78, 5) is 0. The molecule has 2 rings (SSSR count). The van der Waals surface area contributed by atoms with Gasteiger partial charge >= 0.3 is 0 Å². The molecule has 2 aromatic rings. The first-order chi connectivity index (χ1) is 10.6. The van der Waals surface area contributed by atoms with E-state index in [0.29, 0.717) is 13.2 Å². The second kappa shape index (κ2) is 8.08. The average Bonchev–Trinajstić information content (AvgIpc) is 2.56. The smallest absolute Gasteiger partial charge is 0.118 e. The second-order valence-corrected chi connectivity index (χ2v) is 10.6. The maximum Gasteiger partial charge on any atom is 0.118 e. The van der Waals surface area contributed by atoms with Gasteiger partial charge in [0.25, 0.3) is 0 Å². The van der Waals surface area contributed by atoms with Crippen LogP contribution in [0.4, 0.5) is 0 Å². The molecule has 0 fully saturated rings. The molecule has 0 aliphatic carbocycles. The van der Waals surface area contributed by atoms with Gasteiger partial charge in [0.15, 0.2) is 0 Å². The Hall–Kier alpha value is -1.68. The molecule has 22 heavy (non-hydrogen) atoms. The van der Waals surface area contributed by atoms with Crippen LogP contribution in [0.5, 0.6) is 0 Å². The van der Waals surface area contributed by atoms with Crippen molar-refractivity contribution >= 4 is 13.3 Å². The maximum atomic E-state index is 10.5. The molecular weight excluding hydrogens is 288 g/mol. The first kappa shape index (κ1) is 16.7. The predicted molar refractivity (Wildman–Crippen MR) is 94.8 cm³/mol. The van der Waals surface area contributed by atoms with Crippen molar-refractivity contribution in [2.24, 2.45) is 0 Å². The normalized spacial score (nSPS) is 13.4. The molecule has 2 nitrogen and oxygen atoms in total. The summed E-state index contributed by atoms with van der Waals surface area (Å²) in [6.45, 7) is 5.48. The van der Waals surface area contributed by atoms with Crippen LogP contribution in [0.15, 0.2) is 72.8 Å². The highest BCUT2D eigenvalue weighted by molar-refractivity contribution is 6.91. The number of rotatable bonds is 7. The third-order valence-electron chi connectivity index (χ3n) is 3.90. The largest absolute Gasteiger partial charge is 0.392 e. The van der Waals surface area contributed by atoms with Crippen LogP contribution in [0.3, 0.4) is 0 Å². The number of ether oxygens (including phenoxy) is 1. The number of aliphatic hydroxyl groups excluding tert-OH is 1. The molecule has 0 spiro atoms. The van der Waals surface area contributed by atoms with Crippen LogP contribution in [0.2, 0.25) is 13.1 Å². The highest BCUT2D eigenvalue weighted by Crippen LogP contribution is 2.10. The van der Waals surface area contributed by atoms with Crippen molar-refractivity contribution in [1.29, 1.82) is 0 Å². The van der Waals surface area contributed by atoms with E-state index >= 15 is 0 Å². The molecule has 2 aromatic carbocycles. The van der Waals surface area contributed by atoms with E-state index in [9.17, 15) is 5.11 Å². The van der Waals surface area contributed by atoms with Crippen LogP contribution < -0.4 is 5.19 Å². The fourth-order valence-corrected chi connectivity index (χ4v) is 4.29. The van der Waals surface area contributed by atoms with Gasteiger partial charge < -0.3 is 9.84 Å². The minimum absolute atomic E-state index is 0.407. The zero-order chi connectivity index (χ0) is 15.8. The lowest BCUT2D eigenvalue weighted by Gasteiger charge is -2.26. The Bertz CT molecular complexity index is 579. The van der Waals surface area contributed by atoms with Gasteiger partial charge in [-0.05, 0) is 5.56 Å². The molecule has 0 heterocycles. The lowest BCUT2D eigenvalue weighted by molar-refractivity contribution is 0.148. The second-order valence-electron chi connectivity index (χ2n) is 5.96. The van der Waals surface area contributed by atoms with Gasteiger partial charge in [-0.15, -0.1) is 0 Å². The lowest BCUT2D eigenvalue weighted by Crippen LogP contribution is -2.51. The van der Waals surface area contributed by atoms with Gasteiger partial charge in [-0.2, -0.15) is 0 Å². The Morgan fingerprint density at radius 1 is 1.00 bits per heavy atom. The fourth-order valence-electron chi connectivity index (χ4n) is 2.28. The highest BCUT2D eigenvalue weighted by atomic mass is 28.3. The third-order valence-corrected chi connectivity index (χ3v) is 7.39. The Labute approximate surface area is 134 Å². The van der Waals surface area contributed by atoms with Crippen LogP contribution in [0.1, 0.15) is 5.56 Å². The molecule has 0 aliphatic rings. The quantitative estimate of drug-likeness (QED) is 0.483. The third kappa shape index (κ3) is 4.66. The standard InChI is InChI=1S/C19H24O2Si/c1-22(2,18-12-7-4-8-13-18)19(20)14-9-15-21-16-17-10-5-3-6-11-17/h3-14,19-20H,15-16H2,1-2H3/b14-9+/t19-/m0/s1. The van der Waals surface area contributed by atoms with Crippen LogP contribution in [-0.2, 0) is 11.3 Å². The zero-order valence-corrected chi connectivity index (χ0v) is 14.3. The molecule has 0 bridgehead atoms. The monoisotopic (exact) mass is 312 g/mol. The first-order valence-electron chi connectivity index (χ1n) is 7.62. The zero-order valence-electron chi connectivity index (χ0n) is 13.3. The van der Waals surface area contributed by atoms with Crippen molar-refractivity contribution in [2.45, 2.75) is 25.4 Å². The number of hydrogen-bond acceptors (Lipinski definition) is 2. The lowest BCUT2D eigenvalue weighted by atomic mass is 10.2. The van der Waals surface area contributed by atoms with Gasteiger partial charge in [-0.1, -0.05) is 91.1 Å². The highest BCUT2D eigenvalue weighted by Gasteiger charge is 2.30. The van der Waals surface area contributed by atoms with Crippen molar-refractivity contribution in [3.05, 3.63) is 78.4 Å². The summed E-state index contributed by atoms with van der Waals surface area (Å²) < 4.78 is 5.61. The molecule has 0 aromatic heterocycles. The maximum absolute atomic E-state index is 10.5. The number of benzene rings is 2. The van der Waals surface area contributed by atoms with E-state index in [1.54, 1.807) is 0 Å². The fraction of sp³-hybridized carbons (Fsp3) is 0.263. The molecule has 0 radical (unpaired) electrons. The summed E-state index contributed by atoms with van der Waals surface area (Å²) in [5.74, 6) is 0. The van der Waals surface area contributed by atoms with Crippen molar-refractivity contribution < 1.29 is 9.84 Å². The van der Waals surface area contributed by atoms with Gasteiger partial charge in [0.1, 0.15) is 8.07 Å². The van der Waals surface area contributed by atoms with E-state index < -0.39 is 13.8 Å². The predicted octanol–water partition coefficient (Wildman–Crippen LogP) is 3.28. The average molecular weight is 312 g/mol. The van der Waals surface area contributed by atoms with Crippen LogP contribution in [0, 0.1) is 0 Å². The number of hydrogen-bond donors (Lipinski definition) is 1. The van der Waals surface area contributed by atoms with Crippen molar-refractivity contribution in [3.63, 3.8) is 0 Å². The molecule has 0 aliphatic heterocycles. The van der Waals surface area contributed by atoms with Gasteiger partial charge in [0, 0.05) is 0 Å². The Balaban J connectivity index is 1.82. The van der Waals surface area contributed by atoms with E-state index in [-0.39, 0.29) is 0 Å². The SMILES string of the molecule is C[Si](C)(c1ccccc1)[C@H](O)/C=C/COCc1ccccc1. The Morgan fingerprint density at radius 2 is 1.59 bits per heavy atom. The van der Waals surface area contributed by atoms with Crippen molar-refractivity contribution in [3.8, 4) is 0 Å². The van der Waals surface area contributed by atoms with E-state index in [0.717, 1.165) is 5.56 Å². The van der Waals surface area contributed by atoms with Gasteiger partial charge in [-0.3, -0.25) is 0 Å². The summed E-state index contributed by atoms with van der Waals surface area (Å²) in [6.07, 6.45) is 3.80. The van der Waals surface area contributed by atoms with E-state index in [1.807, 2.05) is 60.7 Å². The topological polar surface area (TPSA) is 29.5 Å². The summed E-state index contributed by atoms with van der Waals surface area (Å²) in [6, 6.07) is 20.4. The van der Waals surface area contributed by atoms with E-state index in [1.165, 1.54) is 5.19 Å². The van der Waals surface area contributed by atoms with E-state index in [4.69, 9.17) is 4.74 Å². The molecule has 0 unspecified atom stereocenters. The van der Waals surface area contributed by atoms with Crippen molar-refractivity contribution in [1.82, 2.24) is 0 Å². The van der Waals surface area contributed by atoms with Crippen LogP contribution in [-0.4, -0.2) is 25.5 Å². The molecule has 1 N–H and O–H groups in total. The van der Waals surface area contributed by atoms with Gasteiger partial charge in [-0.25, -0.2) is 0 Å². The van der Waals surface area contributed by atoms with E-state index in [2.05, 4.69) is 25.2 Å². The molecule has 0 saturated heterocycles. The molecule has 3 heteroatoms.